The van der Waals surface area contributed by atoms with E-state index in [1.54, 1.807) is 0 Å². The number of hydrogen-bond donors (Lipinski definition) is 1. The van der Waals surface area contributed by atoms with Gasteiger partial charge in [-0.05, 0) is 20.8 Å². The lowest BCUT2D eigenvalue weighted by molar-refractivity contribution is -0.131. The first kappa shape index (κ1) is 14.8. The topological polar surface area (TPSA) is 32.3 Å². The minimum Gasteiger partial charge on any atom is -0.340 e. The van der Waals surface area contributed by atoms with Gasteiger partial charge in [-0.3, -0.25) is 4.79 Å². The summed E-state index contributed by atoms with van der Waals surface area (Å²) in [5.74, 6) is 0.292. The average Bonchev–Trinajstić information content (AvgIpc) is 2.13. The summed E-state index contributed by atoms with van der Waals surface area (Å²) in [6, 6.07) is 0. The molecule has 0 aromatic rings. The number of carbonyl (C=O) groups excluding carboxylic acids is 1. The minimum atomic E-state index is 0.0958. The largest absolute Gasteiger partial charge is 0.340 e. The van der Waals surface area contributed by atoms with Gasteiger partial charge in [0.15, 0.2) is 0 Å². The summed E-state index contributed by atoms with van der Waals surface area (Å²) < 4.78 is 0. The van der Waals surface area contributed by atoms with Gasteiger partial charge < -0.3 is 10.2 Å². The molecule has 100 valence electrons. The Morgan fingerprint density at radius 3 is 2.29 bits per heavy atom. The van der Waals surface area contributed by atoms with Gasteiger partial charge in [0.2, 0.25) is 5.91 Å². The Balaban J connectivity index is 2.32. The Morgan fingerprint density at radius 1 is 1.29 bits per heavy atom. The van der Waals surface area contributed by atoms with Gasteiger partial charge in [-0.15, -0.1) is 0 Å². The second kappa shape index (κ2) is 6.10. The lowest BCUT2D eigenvalue weighted by Crippen LogP contribution is -2.45. The highest BCUT2D eigenvalue weighted by molar-refractivity contribution is 8.00. The van der Waals surface area contributed by atoms with Crippen LogP contribution in [0.25, 0.3) is 0 Å². The zero-order valence-electron chi connectivity index (χ0n) is 11.7. The number of carbonyl (C=O) groups is 1. The van der Waals surface area contributed by atoms with E-state index >= 15 is 0 Å². The van der Waals surface area contributed by atoms with Crippen molar-refractivity contribution in [1.82, 2.24) is 10.2 Å². The molecule has 0 aromatic carbocycles. The third kappa shape index (κ3) is 5.77. The van der Waals surface area contributed by atoms with Gasteiger partial charge in [-0.2, -0.15) is 11.8 Å². The molecule has 17 heavy (non-hydrogen) atoms. The van der Waals surface area contributed by atoms with E-state index in [1.165, 1.54) is 0 Å². The smallest absolute Gasteiger partial charge is 0.223 e. The van der Waals surface area contributed by atoms with Crippen molar-refractivity contribution in [2.24, 2.45) is 0 Å². The molecule has 1 N–H and O–H groups in total. The van der Waals surface area contributed by atoms with Crippen molar-refractivity contribution in [2.45, 2.75) is 57.1 Å². The monoisotopic (exact) mass is 258 g/mol. The van der Waals surface area contributed by atoms with Crippen molar-refractivity contribution in [3.8, 4) is 0 Å². The second-order valence-corrected chi connectivity index (χ2v) is 7.86. The molecule has 1 fully saturated rings. The highest BCUT2D eigenvalue weighted by atomic mass is 32.2. The van der Waals surface area contributed by atoms with Crippen LogP contribution in [0.3, 0.4) is 0 Å². The van der Waals surface area contributed by atoms with Crippen LogP contribution in [0.1, 0.15) is 41.0 Å². The van der Waals surface area contributed by atoms with Crippen LogP contribution in [0.2, 0.25) is 0 Å². The van der Waals surface area contributed by atoms with Crippen LogP contribution in [0.5, 0.6) is 0 Å². The summed E-state index contributed by atoms with van der Waals surface area (Å²) in [5.41, 5.74) is 0.0958. The van der Waals surface area contributed by atoms with Crippen LogP contribution in [0, 0.1) is 0 Å². The normalized spacial score (nSPS) is 26.1. The van der Waals surface area contributed by atoms with E-state index in [2.05, 4.69) is 39.9 Å². The fourth-order valence-electron chi connectivity index (χ4n) is 2.08. The molecule has 3 nitrogen and oxygen atoms in total. The van der Waals surface area contributed by atoms with Crippen LogP contribution in [-0.4, -0.2) is 46.5 Å². The van der Waals surface area contributed by atoms with E-state index in [1.807, 2.05) is 16.7 Å². The molecule has 0 spiro atoms. The lowest BCUT2D eigenvalue weighted by Gasteiger charge is -2.35. The van der Waals surface area contributed by atoms with Crippen LogP contribution in [0.4, 0.5) is 0 Å². The minimum absolute atomic E-state index is 0.0958. The van der Waals surface area contributed by atoms with Crippen molar-refractivity contribution in [1.29, 1.82) is 0 Å². The molecule has 1 heterocycles. The summed E-state index contributed by atoms with van der Waals surface area (Å²) in [6.07, 6.45) is 0.612. The molecule has 0 radical (unpaired) electrons. The third-order valence-corrected chi connectivity index (χ3v) is 3.99. The fraction of sp³-hybridized carbons (Fsp3) is 0.923. The summed E-state index contributed by atoms with van der Waals surface area (Å²) in [5, 5.41) is 4.50. The molecule has 0 aromatic heterocycles. The maximum Gasteiger partial charge on any atom is 0.223 e. The fourth-order valence-corrected chi connectivity index (χ4v) is 3.41. The van der Waals surface area contributed by atoms with Crippen molar-refractivity contribution >= 4 is 17.7 Å². The van der Waals surface area contributed by atoms with Gasteiger partial charge in [0, 0.05) is 42.1 Å². The molecular formula is C13H26N2OS. The summed E-state index contributed by atoms with van der Waals surface area (Å²) in [6.45, 7) is 13.4. The number of rotatable bonds is 3. The number of hydrogen-bond acceptors (Lipinski definition) is 3. The first-order chi connectivity index (χ1) is 7.78. The Labute approximate surface area is 110 Å². The zero-order chi connectivity index (χ0) is 13.1. The number of amides is 1. The molecule has 0 bridgehead atoms. The van der Waals surface area contributed by atoms with Crippen LogP contribution in [0.15, 0.2) is 0 Å². The number of nitrogens with zero attached hydrogens (tertiary/aromatic N) is 1. The SMILES string of the molecule is CC1CN(C(=O)CCNC(C)(C)C)CC(C)S1. The van der Waals surface area contributed by atoms with Crippen molar-refractivity contribution < 1.29 is 4.79 Å². The molecule has 1 aliphatic heterocycles. The van der Waals surface area contributed by atoms with Gasteiger partial charge >= 0.3 is 0 Å². The Kier molecular flexibility index (Phi) is 5.32. The van der Waals surface area contributed by atoms with Gasteiger partial charge in [0.25, 0.3) is 0 Å². The molecule has 1 saturated heterocycles. The summed E-state index contributed by atoms with van der Waals surface area (Å²) in [7, 11) is 0. The molecule has 2 atom stereocenters. The van der Waals surface area contributed by atoms with Gasteiger partial charge in [-0.1, -0.05) is 13.8 Å². The van der Waals surface area contributed by atoms with Crippen molar-refractivity contribution in [3.63, 3.8) is 0 Å². The first-order valence-electron chi connectivity index (χ1n) is 6.46. The van der Waals surface area contributed by atoms with E-state index in [-0.39, 0.29) is 5.54 Å². The highest BCUT2D eigenvalue weighted by Gasteiger charge is 2.25. The third-order valence-electron chi connectivity index (χ3n) is 2.77. The van der Waals surface area contributed by atoms with Crippen LogP contribution < -0.4 is 5.32 Å². The van der Waals surface area contributed by atoms with E-state index in [0.29, 0.717) is 22.8 Å². The predicted molar refractivity (Wildman–Crippen MR) is 75.5 cm³/mol. The standard InChI is InChI=1S/C13H26N2OS/c1-10-8-15(9-11(2)17-10)12(16)6-7-14-13(3,4)5/h10-11,14H,6-9H2,1-5H3. The molecular weight excluding hydrogens is 232 g/mol. The van der Waals surface area contributed by atoms with E-state index < -0.39 is 0 Å². The highest BCUT2D eigenvalue weighted by Crippen LogP contribution is 2.24. The second-order valence-electron chi connectivity index (χ2n) is 5.98. The quantitative estimate of drug-likeness (QED) is 0.841. The van der Waals surface area contributed by atoms with Crippen LogP contribution in [-0.2, 0) is 4.79 Å². The maximum absolute atomic E-state index is 12.1. The Morgan fingerprint density at radius 2 is 1.82 bits per heavy atom. The summed E-state index contributed by atoms with van der Waals surface area (Å²) in [4.78, 5) is 14.1. The molecule has 1 aliphatic rings. The molecule has 0 aliphatic carbocycles. The van der Waals surface area contributed by atoms with Gasteiger partial charge in [0.1, 0.15) is 0 Å². The molecule has 0 saturated carbocycles. The van der Waals surface area contributed by atoms with E-state index in [9.17, 15) is 4.79 Å². The van der Waals surface area contributed by atoms with E-state index in [4.69, 9.17) is 0 Å². The molecule has 1 rings (SSSR count). The lowest BCUT2D eigenvalue weighted by atomic mass is 10.1. The average molecular weight is 258 g/mol. The molecule has 1 amide bonds. The van der Waals surface area contributed by atoms with Crippen LogP contribution >= 0.6 is 11.8 Å². The van der Waals surface area contributed by atoms with E-state index in [0.717, 1.165) is 19.6 Å². The predicted octanol–water partition coefficient (Wildman–Crippen LogP) is 2.12. The Bertz CT molecular complexity index is 253. The van der Waals surface area contributed by atoms with Crippen molar-refractivity contribution in [3.05, 3.63) is 0 Å². The summed E-state index contributed by atoms with van der Waals surface area (Å²) >= 11 is 1.98. The maximum atomic E-state index is 12.1. The number of nitrogens with one attached hydrogen (secondary N) is 1. The number of thioether (sulfide) groups is 1. The Hall–Kier alpha value is -0.220. The molecule has 2 unspecified atom stereocenters. The van der Waals surface area contributed by atoms with Gasteiger partial charge in [0.05, 0.1) is 0 Å². The van der Waals surface area contributed by atoms with Crippen molar-refractivity contribution in [2.75, 3.05) is 19.6 Å². The van der Waals surface area contributed by atoms with Gasteiger partial charge in [-0.25, -0.2) is 0 Å². The first-order valence-corrected chi connectivity index (χ1v) is 7.40. The molecule has 4 heteroatoms. The zero-order valence-corrected chi connectivity index (χ0v) is 12.6.